The highest BCUT2D eigenvalue weighted by molar-refractivity contribution is 8.16. The van der Waals surface area contributed by atoms with Gasteiger partial charge in [0.1, 0.15) is 12.1 Å². The van der Waals surface area contributed by atoms with Crippen molar-refractivity contribution >= 4 is 56.1 Å². The van der Waals surface area contributed by atoms with Gasteiger partial charge in [-0.3, -0.25) is 4.79 Å². The number of amidine groups is 1. The van der Waals surface area contributed by atoms with Crippen LogP contribution in [0.2, 0.25) is 5.02 Å². The molecule has 1 aromatic carbocycles. The number of thioether (sulfide) groups is 1. The Balaban J connectivity index is 1.79. The minimum atomic E-state index is -3.17. The number of alkyl carbamates (subject to hydrolysis) is 1. The first kappa shape index (κ1) is 21.9. The Morgan fingerprint density at radius 3 is 2.66 bits per heavy atom. The summed E-state index contributed by atoms with van der Waals surface area (Å²) in [6.45, 7) is 4.83. The predicted octanol–water partition coefficient (Wildman–Crippen LogP) is 2.47. The zero-order valence-corrected chi connectivity index (χ0v) is 18.6. The maximum atomic E-state index is 12.3. The number of halogens is 1. The van der Waals surface area contributed by atoms with Crippen molar-refractivity contribution in [2.45, 2.75) is 37.7 Å². The number of amides is 2. The molecule has 0 radical (unpaired) electrons. The Kier molecular flexibility index (Phi) is 6.16. The number of benzene rings is 1. The van der Waals surface area contributed by atoms with Gasteiger partial charge in [0, 0.05) is 5.25 Å². The van der Waals surface area contributed by atoms with Crippen LogP contribution < -0.4 is 10.2 Å². The summed E-state index contributed by atoms with van der Waals surface area (Å²) in [5.74, 6) is -0.579. The Hall–Kier alpha value is -1.78. The van der Waals surface area contributed by atoms with E-state index in [9.17, 15) is 18.0 Å². The van der Waals surface area contributed by atoms with Crippen LogP contribution in [0, 0.1) is 0 Å². The Morgan fingerprint density at radius 2 is 2.00 bits per heavy atom. The molecule has 2 unspecified atom stereocenters. The molecular formula is C18H22ClN3O5S2. The van der Waals surface area contributed by atoms with Crippen LogP contribution in [0.15, 0.2) is 29.3 Å². The summed E-state index contributed by atoms with van der Waals surface area (Å²) in [4.78, 5) is 29.9. The fourth-order valence-corrected chi connectivity index (χ4v) is 7.25. The molecule has 29 heavy (non-hydrogen) atoms. The van der Waals surface area contributed by atoms with Gasteiger partial charge in [0.05, 0.1) is 28.3 Å². The normalized spacial score (nSPS) is 24.4. The van der Waals surface area contributed by atoms with Crippen molar-refractivity contribution in [3.05, 3.63) is 29.3 Å². The quantitative estimate of drug-likeness (QED) is 0.740. The molecule has 0 saturated carbocycles. The molecule has 11 heteroatoms. The highest BCUT2D eigenvalue weighted by Gasteiger charge is 2.49. The zero-order chi connectivity index (χ0) is 21.4. The summed E-state index contributed by atoms with van der Waals surface area (Å²) in [5, 5.41) is 2.95. The molecule has 2 amide bonds. The van der Waals surface area contributed by atoms with E-state index < -0.39 is 27.4 Å². The number of aliphatic imine (C=N–C) groups is 1. The third-order valence-electron chi connectivity index (χ3n) is 4.18. The number of rotatable bonds is 3. The van der Waals surface area contributed by atoms with E-state index in [1.807, 2.05) is 0 Å². The number of ether oxygens (including phenoxy) is 1. The fourth-order valence-electron chi connectivity index (χ4n) is 3.10. The Bertz CT molecular complexity index is 958. The van der Waals surface area contributed by atoms with Crippen LogP contribution >= 0.6 is 23.4 Å². The highest BCUT2D eigenvalue weighted by Crippen LogP contribution is 2.42. The van der Waals surface area contributed by atoms with Gasteiger partial charge in [-0.1, -0.05) is 35.5 Å². The molecule has 8 nitrogen and oxygen atoms in total. The number of hydrogen-bond acceptors (Lipinski definition) is 6. The van der Waals surface area contributed by atoms with E-state index in [-0.39, 0.29) is 29.3 Å². The summed E-state index contributed by atoms with van der Waals surface area (Å²) in [7, 11) is -3.17. The maximum absolute atomic E-state index is 12.3. The molecule has 0 aliphatic carbocycles. The summed E-state index contributed by atoms with van der Waals surface area (Å²) in [6.07, 6.45) is -0.712. The van der Waals surface area contributed by atoms with E-state index >= 15 is 0 Å². The Morgan fingerprint density at radius 1 is 1.31 bits per heavy atom. The molecule has 0 aromatic heterocycles. The molecule has 2 aliphatic heterocycles. The van der Waals surface area contributed by atoms with Gasteiger partial charge in [0.2, 0.25) is 0 Å². The van der Waals surface area contributed by atoms with Crippen molar-refractivity contribution in [2.75, 3.05) is 23.0 Å². The topological polar surface area (TPSA) is 105 Å². The van der Waals surface area contributed by atoms with Gasteiger partial charge >= 0.3 is 6.09 Å². The van der Waals surface area contributed by atoms with Crippen molar-refractivity contribution in [3.8, 4) is 0 Å². The summed E-state index contributed by atoms with van der Waals surface area (Å²) in [6, 6.07) is 6.66. The van der Waals surface area contributed by atoms with E-state index in [1.54, 1.807) is 49.9 Å². The molecule has 2 atom stereocenters. The summed E-state index contributed by atoms with van der Waals surface area (Å²) < 4.78 is 29.3. The largest absolute Gasteiger partial charge is 0.444 e. The maximum Gasteiger partial charge on any atom is 0.408 e. The fraction of sp³-hybridized carbons (Fsp3) is 0.500. The SMILES string of the molecule is CC(C)(C)OC(=O)NCC(=O)N=C1SC2CS(=O)(=O)CC2N1c1ccccc1Cl. The first-order chi connectivity index (χ1) is 13.5. The van der Waals surface area contributed by atoms with Crippen LogP contribution in [0.5, 0.6) is 0 Å². The molecule has 2 heterocycles. The molecule has 1 N–H and O–H groups in total. The van der Waals surface area contributed by atoms with Crippen LogP contribution in [0.4, 0.5) is 10.5 Å². The first-order valence-electron chi connectivity index (χ1n) is 8.94. The summed E-state index contributed by atoms with van der Waals surface area (Å²) in [5.41, 5.74) is -0.0812. The van der Waals surface area contributed by atoms with E-state index in [1.165, 1.54) is 11.8 Å². The number of nitrogens with zero attached hydrogens (tertiary/aromatic N) is 2. The lowest BCUT2D eigenvalue weighted by atomic mass is 10.2. The van der Waals surface area contributed by atoms with E-state index in [0.717, 1.165) is 0 Å². The second-order valence-electron chi connectivity index (χ2n) is 7.77. The monoisotopic (exact) mass is 459 g/mol. The number of nitrogens with one attached hydrogen (secondary N) is 1. The number of anilines is 1. The number of carbonyl (C=O) groups excluding carboxylic acids is 2. The lowest BCUT2D eigenvalue weighted by Crippen LogP contribution is -2.38. The van der Waals surface area contributed by atoms with Gasteiger partial charge in [-0.2, -0.15) is 4.99 Å². The molecule has 0 spiro atoms. The number of sulfone groups is 1. The standard InChI is InChI=1S/C18H22ClN3O5S2/c1-18(2,3)27-17(24)20-8-15(23)21-16-22(12-7-5-4-6-11(12)19)13-9-29(25,26)10-14(13)28-16/h4-7,13-14H,8-10H2,1-3H3,(H,20,24). The average Bonchev–Trinajstić information content (AvgIpc) is 3.03. The van der Waals surface area contributed by atoms with E-state index in [4.69, 9.17) is 16.3 Å². The lowest BCUT2D eigenvalue weighted by molar-refractivity contribution is -0.117. The molecule has 2 fully saturated rings. The molecule has 3 rings (SSSR count). The van der Waals surface area contributed by atoms with Gasteiger partial charge < -0.3 is 15.0 Å². The second-order valence-corrected chi connectivity index (χ2v) is 11.5. The number of carbonyl (C=O) groups is 2. The van der Waals surface area contributed by atoms with Crippen LogP contribution in [-0.4, -0.2) is 60.5 Å². The van der Waals surface area contributed by atoms with Crippen LogP contribution in [0.1, 0.15) is 20.8 Å². The van der Waals surface area contributed by atoms with Gasteiger partial charge in [0.25, 0.3) is 5.91 Å². The Labute approximate surface area is 178 Å². The van der Waals surface area contributed by atoms with Crippen LogP contribution in [-0.2, 0) is 19.4 Å². The summed E-state index contributed by atoms with van der Waals surface area (Å²) >= 11 is 7.56. The molecule has 1 aromatic rings. The van der Waals surface area contributed by atoms with Crippen LogP contribution in [0.25, 0.3) is 0 Å². The molecule has 2 aliphatic rings. The van der Waals surface area contributed by atoms with Gasteiger partial charge in [-0.25, -0.2) is 13.2 Å². The molecular weight excluding hydrogens is 438 g/mol. The van der Waals surface area contributed by atoms with Crippen molar-refractivity contribution in [2.24, 2.45) is 4.99 Å². The second kappa shape index (κ2) is 8.16. The molecule has 2 saturated heterocycles. The zero-order valence-electron chi connectivity index (χ0n) is 16.2. The van der Waals surface area contributed by atoms with Crippen molar-refractivity contribution in [1.29, 1.82) is 0 Å². The van der Waals surface area contributed by atoms with Crippen LogP contribution in [0.3, 0.4) is 0 Å². The number of para-hydroxylation sites is 1. The number of fused-ring (bicyclic) bond motifs is 1. The average molecular weight is 460 g/mol. The molecule has 0 bridgehead atoms. The lowest BCUT2D eigenvalue weighted by Gasteiger charge is -2.25. The molecule has 158 valence electrons. The first-order valence-corrected chi connectivity index (χ1v) is 12.0. The third kappa shape index (κ3) is 5.43. The minimum Gasteiger partial charge on any atom is -0.444 e. The highest BCUT2D eigenvalue weighted by atomic mass is 35.5. The van der Waals surface area contributed by atoms with E-state index in [0.29, 0.717) is 15.9 Å². The smallest absolute Gasteiger partial charge is 0.408 e. The third-order valence-corrected chi connectivity index (χ3v) is 7.71. The predicted molar refractivity (Wildman–Crippen MR) is 114 cm³/mol. The van der Waals surface area contributed by atoms with Gasteiger partial charge in [0.15, 0.2) is 15.0 Å². The number of hydrogen-bond donors (Lipinski definition) is 1. The van der Waals surface area contributed by atoms with Crippen molar-refractivity contribution < 1.29 is 22.7 Å². The van der Waals surface area contributed by atoms with Gasteiger partial charge in [-0.15, -0.1) is 0 Å². The van der Waals surface area contributed by atoms with E-state index in [2.05, 4.69) is 10.3 Å². The minimum absolute atomic E-state index is 0.0205. The van der Waals surface area contributed by atoms with Crippen molar-refractivity contribution in [1.82, 2.24) is 5.32 Å². The van der Waals surface area contributed by atoms with Gasteiger partial charge in [-0.05, 0) is 32.9 Å². The van der Waals surface area contributed by atoms with Crippen molar-refractivity contribution in [3.63, 3.8) is 0 Å².